The Morgan fingerprint density at radius 3 is 2.61 bits per heavy atom. The predicted octanol–water partition coefficient (Wildman–Crippen LogP) is 5.10. The smallest absolute Gasteiger partial charge is 0.155 e. The van der Waals surface area contributed by atoms with Gasteiger partial charge >= 0.3 is 0 Å². The highest BCUT2D eigenvalue weighted by atomic mass is 35.5. The van der Waals surface area contributed by atoms with Crippen molar-refractivity contribution in [1.82, 2.24) is 10.2 Å². The third-order valence-electron chi connectivity index (χ3n) is 3.24. The minimum absolute atomic E-state index is 0.249. The summed E-state index contributed by atoms with van der Waals surface area (Å²) in [7, 11) is 0. The monoisotopic (exact) mass is 366 g/mol. The summed E-state index contributed by atoms with van der Waals surface area (Å²) in [6.45, 7) is 4.09. The topological polar surface area (TPSA) is 75.6 Å². The first-order chi connectivity index (χ1) is 10.9. The molecule has 0 aliphatic carbocycles. The maximum atomic E-state index is 8.66. The second-order valence-corrected chi connectivity index (χ2v) is 7.14. The predicted molar refractivity (Wildman–Crippen MR) is 95.1 cm³/mol. The van der Waals surface area contributed by atoms with Crippen LogP contribution in [0.15, 0.2) is 28.1 Å². The average molecular weight is 367 g/mol. The fraction of sp³-hybridized carbons (Fsp3) is 0.312. The van der Waals surface area contributed by atoms with Gasteiger partial charge in [-0.15, -0.1) is 10.2 Å². The zero-order valence-electron chi connectivity index (χ0n) is 12.8. The summed E-state index contributed by atoms with van der Waals surface area (Å²) in [6.07, 6.45) is 1.06. The van der Waals surface area contributed by atoms with Gasteiger partial charge in [0.1, 0.15) is 5.03 Å². The number of nitriles is 1. The lowest BCUT2D eigenvalue weighted by atomic mass is 10.1. The summed E-state index contributed by atoms with van der Waals surface area (Å²) in [5, 5.41) is 18.4. The fourth-order valence-electron chi connectivity index (χ4n) is 2.06. The van der Waals surface area contributed by atoms with Gasteiger partial charge in [-0.1, -0.05) is 48.8 Å². The molecule has 1 aromatic heterocycles. The van der Waals surface area contributed by atoms with Crippen molar-refractivity contribution in [3.05, 3.63) is 39.5 Å². The fourth-order valence-corrected chi connectivity index (χ4v) is 3.54. The normalized spacial score (nSPS) is 10.8. The highest BCUT2D eigenvalue weighted by Crippen LogP contribution is 2.38. The number of nitrogen functional groups attached to an aromatic ring is 1. The molecular weight excluding hydrogens is 351 g/mol. The van der Waals surface area contributed by atoms with E-state index in [1.807, 2.05) is 32.0 Å². The molecule has 0 fully saturated rings. The van der Waals surface area contributed by atoms with Crippen molar-refractivity contribution >= 4 is 40.7 Å². The molecule has 2 rings (SSSR count). The largest absolute Gasteiger partial charge is 0.398 e. The lowest BCUT2D eigenvalue weighted by molar-refractivity contribution is 0.815. The molecule has 0 bridgehead atoms. The van der Waals surface area contributed by atoms with Gasteiger partial charge in [-0.25, -0.2) is 0 Å². The molecule has 0 radical (unpaired) electrons. The molecule has 0 aliphatic rings. The van der Waals surface area contributed by atoms with Gasteiger partial charge in [0.15, 0.2) is 5.15 Å². The Balaban J connectivity index is 2.30. The number of benzene rings is 1. The number of hydrogen-bond donors (Lipinski definition) is 1. The van der Waals surface area contributed by atoms with Crippen molar-refractivity contribution in [2.45, 2.75) is 42.5 Å². The summed E-state index contributed by atoms with van der Waals surface area (Å²) in [6, 6.07) is 7.70. The van der Waals surface area contributed by atoms with Crippen molar-refractivity contribution in [2.75, 3.05) is 5.73 Å². The maximum absolute atomic E-state index is 8.66. The molecule has 0 spiro atoms. The van der Waals surface area contributed by atoms with E-state index in [0.717, 1.165) is 16.0 Å². The number of aromatic nitrogens is 2. The van der Waals surface area contributed by atoms with Gasteiger partial charge in [-0.3, -0.25) is 0 Å². The highest BCUT2D eigenvalue weighted by molar-refractivity contribution is 7.99. The molecule has 0 unspecified atom stereocenters. The van der Waals surface area contributed by atoms with Crippen molar-refractivity contribution < 1.29 is 0 Å². The van der Waals surface area contributed by atoms with Gasteiger partial charge in [-0.05, 0) is 41.7 Å². The Labute approximate surface area is 150 Å². The molecule has 0 saturated carbocycles. The van der Waals surface area contributed by atoms with Crippen molar-refractivity contribution in [2.24, 2.45) is 0 Å². The summed E-state index contributed by atoms with van der Waals surface area (Å²) < 4.78 is 0. The SMILES string of the molecule is CC(C)c1cc(Sc2c(N)cc(CCC#N)cc2Cl)nnc1Cl. The Kier molecular flexibility index (Phi) is 6.11. The molecular formula is C16H16Cl2N4S. The summed E-state index contributed by atoms with van der Waals surface area (Å²) in [4.78, 5) is 0.735. The van der Waals surface area contributed by atoms with Gasteiger partial charge in [0, 0.05) is 12.1 Å². The van der Waals surface area contributed by atoms with Crippen LogP contribution in [0.25, 0.3) is 0 Å². The van der Waals surface area contributed by atoms with E-state index in [9.17, 15) is 0 Å². The van der Waals surface area contributed by atoms with E-state index in [-0.39, 0.29) is 5.92 Å². The summed E-state index contributed by atoms with van der Waals surface area (Å²) >= 11 is 13.8. The lowest BCUT2D eigenvalue weighted by Gasteiger charge is -2.11. The number of halogens is 2. The number of hydrogen-bond acceptors (Lipinski definition) is 5. The third-order valence-corrected chi connectivity index (χ3v) is 5.01. The first kappa shape index (κ1) is 17.9. The van der Waals surface area contributed by atoms with Crippen molar-refractivity contribution in [3.63, 3.8) is 0 Å². The van der Waals surface area contributed by atoms with Crippen LogP contribution in [0.2, 0.25) is 10.2 Å². The Hall–Kier alpha value is -1.48. The van der Waals surface area contributed by atoms with E-state index in [1.165, 1.54) is 11.8 Å². The highest BCUT2D eigenvalue weighted by Gasteiger charge is 2.14. The maximum Gasteiger partial charge on any atom is 0.155 e. The Morgan fingerprint density at radius 2 is 2.00 bits per heavy atom. The van der Waals surface area contributed by atoms with Crippen LogP contribution in [0.1, 0.15) is 37.3 Å². The lowest BCUT2D eigenvalue weighted by Crippen LogP contribution is -1.97. The standard InChI is InChI=1S/C16H16Cl2N4S/c1-9(2)11-8-14(21-22-16(11)18)23-15-12(17)6-10(4-3-5-19)7-13(15)20/h6-9H,3-4,20H2,1-2H3. The molecule has 1 aromatic carbocycles. The van der Waals surface area contributed by atoms with Crippen molar-refractivity contribution in [1.29, 1.82) is 5.26 Å². The van der Waals surface area contributed by atoms with E-state index < -0.39 is 0 Å². The van der Waals surface area contributed by atoms with Crippen LogP contribution in [0.3, 0.4) is 0 Å². The van der Waals surface area contributed by atoms with Crippen LogP contribution < -0.4 is 5.73 Å². The molecule has 2 N–H and O–H groups in total. The Bertz CT molecular complexity index is 733. The summed E-state index contributed by atoms with van der Waals surface area (Å²) in [5.74, 6) is 0.249. The van der Waals surface area contributed by atoms with Crippen LogP contribution >= 0.6 is 35.0 Å². The Morgan fingerprint density at radius 1 is 1.26 bits per heavy atom. The molecule has 1 heterocycles. The number of anilines is 1. The molecule has 120 valence electrons. The molecule has 0 atom stereocenters. The van der Waals surface area contributed by atoms with Crippen molar-refractivity contribution in [3.8, 4) is 6.07 Å². The van der Waals surface area contributed by atoms with E-state index in [0.29, 0.717) is 33.7 Å². The summed E-state index contributed by atoms with van der Waals surface area (Å²) in [5.41, 5.74) is 8.56. The van der Waals surface area contributed by atoms with Gasteiger partial charge in [-0.2, -0.15) is 5.26 Å². The van der Waals surface area contributed by atoms with Crippen LogP contribution in [0, 0.1) is 11.3 Å². The van der Waals surface area contributed by atoms with Crippen LogP contribution in [0.5, 0.6) is 0 Å². The van der Waals surface area contributed by atoms with Gasteiger partial charge in [0.2, 0.25) is 0 Å². The molecule has 7 heteroatoms. The number of aryl methyl sites for hydroxylation is 1. The molecule has 2 aromatic rings. The minimum Gasteiger partial charge on any atom is -0.398 e. The molecule has 4 nitrogen and oxygen atoms in total. The minimum atomic E-state index is 0.249. The average Bonchev–Trinajstić information content (AvgIpc) is 2.50. The zero-order chi connectivity index (χ0) is 17.0. The van der Waals surface area contributed by atoms with Gasteiger partial charge in [0.05, 0.1) is 16.0 Å². The quantitative estimate of drug-likeness (QED) is 0.745. The van der Waals surface area contributed by atoms with E-state index in [4.69, 9.17) is 34.2 Å². The first-order valence-corrected chi connectivity index (χ1v) is 8.65. The second kappa shape index (κ2) is 7.87. The van der Waals surface area contributed by atoms with Gasteiger partial charge < -0.3 is 5.73 Å². The van der Waals surface area contributed by atoms with Crippen LogP contribution in [-0.4, -0.2) is 10.2 Å². The van der Waals surface area contributed by atoms with Gasteiger partial charge in [0.25, 0.3) is 0 Å². The second-order valence-electron chi connectivity index (χ2n) is 5.34. The molecule has 0 saturated heterocycles. The van der Waals surface area contributed by atoms with Crippen LogP contribution in [-0.2, 0) is 6.42 Å². The zero-order valence-corrected chi connectivity index (χ0v) is 15.1. The van der Waals surface area contributed by atoms with E-state index in [1.54, 1.807) is 0 Å². The number of rotatable bonds is 5. The van der Waals surface area contributed by atoms with E-state index >= 15 is 0 Å². The number of nitrogens with zero attached hydrogens (tertiary/aromatic N) is 3. The van der Waals surface area contributed by atoms with E-state index in [2.05, 4.69) is 16.3 Å². The molecule has 0 amide bonds. The third kappa shape index (κ3) is 4.51. The molecule has 0 aliphatic heterocycles. The number of nitrogens with two attached hydrogens (primary N) is 1. The first-order valence-electron chi connectivity index (χ1n) is 7.08. The van der Waals surface area contributed by atoms with Crippen LogP contribution in [0.4, 0.5) is 5.69 Å². The molecule has 23 heavy (non-hydrogen) atoms.